The third-order valence-corrected chi connectivity index (χ3v) is 6.42. The van der Waals surface area contributed by atoms with Gasteiger partial charge in [-0.15, -0.1) is 0 Å². The van der Waals surface area contributed by atoms with Crippen LogP contribution in [0.5, 0.6) is 0 Å². The van der Waals surface area contributed by atoms with E-state index in [2.05, 4.69) is 58.4 Å². The first-order valence-electron chi connectivity index (χ1n) is 10.5. The van der Waals surface area contributed by atoms with Crippen molar-refractivity contribution in [1.82, 2.24) is 10.1 Å². The molecule has 1 saturated heterocycles. The van der Waals surface area contributed by atoms with Crippen molar-refractivity contribution in [2.75, 3.05) is 49.5 Å². The zero-order valence-electron chi connectivity index (χ0n) is 17.2. The van der Waals surface area contributed by atoms with Gasteiger partial charge in [-0.25, -0.2) is 0 Å². The van der Waals surface area contributed by atoms with Crippen molar-refractivity contribution in [3.8, 4) is 0 Å². The average Bonchev–Trinajstić information content (AvgIpc) is 3.20. The number of benzene rings is 2. The van der Waals surface area contributed by atoms with Crippen molar-refractivity contribution in [1.29, 1.82) is 0 Å². The summed E-state index contributed by atoms with van der Waals surface area (Å²) in [5, 5.41) is 8.95. The minimum atomic E-state index is 0.867. The van der Waals surface area contributed by atoms with Crippen LogP contribution in [-0.4, -0.2) is 49.3 Å². The molecule has 1 fully saturated rings. The predicted octanol–water partition coefficient (Wildman–Crippen LogP) is 4.41. The van der Waals surface area contributed by atoms with Gasteiger partial charge in [-0.3, -0.25) is 4.90 Å². The maximum absolute atomic E-state index is 5.48. The topological polar surface area (TPSA) is 44.5 Å². The number of allylic oxidation sites excluding steroid dienone is 1. The number of rotatable bonds is 4. The Morgan fingerprint density at radius 2 is 1.86 bits per heavy atom. The zero-order valence-corrected chi connectivity index (χ0v) is 17.2. The fourth-order valence-electron chi connectivity index (χ4n) is 4.37. The van der Waals surface area contributed by atoms with E-state index in [1.165, 1.54) is 28.0 Å². The first-order chi connectivity index (χ1) is 14.2. The van der Waals surface area contributed by atoms with Crippen molar-refractivity contribution in [2.24, 2.45) is 0 Å². The molecule has 2 aromatic carbocycles. The van der Waals surface area contributed by atoms with Gasteiger partial charge in [0.15, 0.2) is 11.4 Å². The highest BCUT2D eigenvalue weighted by molar-refractivity contribution is 5.88. The smallest absolute Gasteiger partial charge is 0.180 e. The molecule has 5 rings (SSSR count). The van der Waals surface area contributed by atoms with Gasteiger partial charge in [-0.2, -0.15) is 0 Å². The van der Waals surface area contributed by atoms with Gasteiger partial charge >= 0.3 is 0 Å². The summed E-state index contributed by atoms with van der Waals surface area (Å²) in [6, 6.07) is 15.0. The van der Waals surface area contributed by atoms with Crippen molar-refractivity contribution < 1.29 is 4.52 Å². The molecule has 0 atom stereocenters. The molecule has 5 heteroatoms. The van der Waals surface area contributed by atoms with Gasteiger partial charge in [-0.05, 0) is 55.7 Å². The lowest BCUT2D eigenvalue weighted by atomic mass is 9.94. The Morgan fingerprint density at radius 3 is 2.72 bits per heavy atom. The molecule has 0 spiro atoms. The number of hydrogen-bond donors (Lipinski definition) is 1. The Hall–Kier alpha value is -2.79. The Balaban J connectivity index is 1.20. The quantitative estimate of drug-likeness (QED) is 0.717. The predicted molar refractivity (Wildman–Crippen MR) is 120 cm³/mol. The van der Waals surface area contributed by atoms with Crippen LogP contribution in [0.3, 0.4) is 0 Å². The fourth-order valence-corrected chi connectivity index (χ4v) is 4.37. The largest absolute Gasteiger partial charge is 0.381 e. The van der Waals surface area contributed by atoms with Gasteiger partial charge in [-0.1, -0.05) is 28.9 Å². The van der Waals surface area contributed by atoms with E-state index in [0.717, 1.165) is 62.5 Å². The molecule has 29 heavy (non-hydrogen) atoms. The summed E-state index contributed by atoms with van der Waals surface area (Å²) in [6.45, 7) is 10.6. The second-order valence-corrected chi connectivity index (χ2v) is 8.22. The van der Waals surface area contributed by atoms with Crippen molar-refractivity contribution in [3.63, 3.8) is 0 Å². The lowest BCUT2D eigenvalue weighted by Crippen LogP contribution is -2.47. The lowest BCUT2D eigenvalue weighted by molar-refractivity contribution is 0.259. The minimum Gasteiger partial charge on any atom is -0.381 e. The van der Waals surface area contributed by atoms with Crippen molar-refractivity contribution in [3.05, 3.63) is 59.2 Å². The van der Waals surface area contributed by atoms with Crippen LogP contribution in [0.2, 0.25) is 0 Å². The standard InChI is InChI=1S/C24H28N4O/c1-17-16-25-22-8-7-19(15-21(22)18(17)2)9-10-27-11-13-28(14-12-27)24-20-5-3-4-6-23(20)29-26-24/h3-8,15,25H,9-14,16H2,1-2H3. The van der Waals surface area contributed by atoms with E-state index in [1.807, 2.05) is 18.2 Å². The molecule has 1 N–H and O–H groups in total. The van der Waals surface area contributed by atoms with Crippen molar-refractivity contribution in [2.45, 2.75) is 20.3 Å². The summed E-state index contributed by atoms with van der Waals surface area (Å²) < 4.78 is 5.48. The fraction of sp³-hybridized carbons (Fsp3) is 0.375. The van der Waals surface area contributed by atoms with Crippen LogP contribution in [0.25, 0.3) is 16.5 Å². The number of fused-ring (bicyclic) bond motifs is 2. The number of piperazine rings is 1. The molecular weight excluding hydrogens is 360 g/mol. The number of para-hydroxylation sites is 1. The van der Waals surface area contributed by atoms with Crippen LogP contribution >= 0.6 is 0 Å². The van der Waals surface area contributed by atoms with Crippen molar-refractivity contribution >= 4 is 28.0 Å². The molecule has 3 aromatic rings. The first kappa shape index (κ1) is 18.3. The van der Waals surface area contributed by atoms with Gasteiger partial charge < -0.3 is 14.7 Å². The van der Waals surface area contributed by atoms with Crippen LogP contribution in [0.1, 0.15) is 25.0 Å². The molecule has 5 nitrogen and oxygen atoms in total. The van der Waals surface area contributed by atoms with Gasteiger partial charge in [0.1, 0.15) is 0 Å². The summed E-state index contributed by atoms with van der Waals surface area (Å²) in [5.41, 5.74) is 7.79. The average molecular weight is 389 g/mol. The Labute approximate surface area is 172 Å². The van der Waals surface area contributed by atoms with E-state index in [-0.39, 0.29) is 0 Å². The highest BCUT2D eigenvalue weighted by Gasteiger charge is 2.21. The zero-order chi connectivity index (χ0) is 19.8. The van der Waals surface area contributed by atoms with Crippen LogP contribution in [-0.2, 0) is 6.42 Å². The SMILES string of the molecule is CC1=C(C)c2cc(CCN3CCN(c4noc5ccccc45)CC3)ccc2NC1. The van der Waals surface area contributed by atoms with Gasteiger partial charge in [0.05, 0.1) is 5.39 Å². The number of anilines is 2. The first-order valence-corrected chi connectivity index (χ1v) is 10.5. The highest BCUT2D eigenvalue weighted by atomic mass is 16.5. The molecule has 2 aliphatic rings. The van der Waals surface area contributed by atoms with E-state index >= 15 is 0 Å². The molecule has 1 aromatic heterocycles. The van der Waals surface area contributed by atoms with E-state index in [9.17, 15) is 0 Å². The van der Waals surface area contributed by atoms with E-state index < -0.39 is 0 Å². The number of hydrogen-bond acceptors (Lipinski definition) is 5. The number of nitrogens with one attached hydrogen (secondary N) is 1. The third-order valence-electron chi connectivity index (χ3n) is 6.42. The number of nitrogens with zero attached hydrogens (tertiary/aromatic N) is 3. The monoisotopic (exact) mass is 388 g/mol. The molecule has 0 aliphatic carbocycles. The Morgan fingerprint density at radius 1 is 1.03 bits per heavy atom. The van der Waals surface area contributed by atoms with Crippen LogP contribution in [0.4, 0.5) is 11.5 Å². The molecule has 0 unspecified atom stereocenters. The number of aromatic nitrogens is 1. The molecule has 0 amide bonds. The molecule has 150 valence electrons. The van der Waals surface area contributed by atoms with Gasteiger partial charge in [0, 0.05) is 50.5 Å². The van der Waals surface area contributed by atoms with E-state index in [0.29, 0.717) is 0 Å². The highest BCUT2D eigenvalue weighted by Crippen LogP contribution is 2.31. The third kappa shape index (κ3) is 3.51. The Kier molecular flexibility index (Phi) is 4.76. The summed E-state index contributed by atoms with van der Waals surface area (Å²) in [6.07, 6.45) is 1.09. The van der Waals surface area contributed by atoms with Gasteiger partial charge in [0.25, 0.3) is 0 Å². The summed E-state index contributed by atoms with van der Waals surface area (Å²) in [4.78, 5) is 4.91. The molecule has 0 bridgehead atoms. The maximum Gasteiger partial charge on any atom is 0.180 e. The molecule has 2 aliphatic heterocycles. The summed E-state index contributed by atoms with van der Waals surface area (Å²) in [5.74, 6) is 0.986. The second-order valence-electron chi connectivity index (χ2n) is 8.22. The molecule has 3 heterocycles. The maximum atomic E-state index is 5.48. The molecular formula is C24H28N4O. The second kappa shape index (κ2) is 7.56. The normalized spacial score (nSPS) is 17.5. The van der Waals surface area contributed by atoms with Crippen LogP contribution in [0.15, 0.2) is 52.6 Å². The Bertz CT molecular complexity index is 1060. The summed E-state index contributed by atoms with van der Waals surface area (Å²) >= 11 is 0. The summed E-state index contributed by atoms with van der Waals surface area (Å²) in [7, 11) is 0. The van der Waals surface area contributed by atoms with Crippen LogP contribution in [0, 0.1) is 0 Å². The van der Waals surface area contributed by atoms with Crippen LogP contribution < -0.4 is 10.2 Å². The van der Waals surface area contributed by atoms with E-state index in [4.69, 9.17) is 4.52 Å². The molecule has 0 saturated carbocycles. The van der Waals surface area contributed by atoms with Gasteiger partial charge in [0.2, 0.25) is 0 Å². The molecule has 0 radical (unpaired) electrons. The minimum absolute atomic E-state index is 0.867. The lowest BCUT2D eigenvalue weighted by Gasteiger charge is -2.34. The van der Waals surface area contributed by atoms with E-state index in [1.54, 1.807) is 0 Å².